The molecule has 1 fully saturated rings. The summed E-state index contributed by atoms with van der Waals surface area (Å²) < 4.78 is 86.6. The largest absolute Gasteiger partial charge is 0.496 e. The van der Waals surface area contributed by atoms with Crippen molar-refractivity contribution < 1.29 is 36.0 Å². The predicted molar refractivity (Wildman–Crippen MR) is 117 cm³/mol. The number of nitrogens with zero attached hydrogens (tertiary/aromatic N) is 1. The van der Waals surface area contributed by atoms with Crippen molar-refractivity contribution in [1.82, 2.24) is 4.98 Å². The third kappa shape index (κ3) is 4.48. The first-order valence-corrected chi connectivity index (χ1v) is 12.2. The summed E-state index contributed by atoms with van der Waals surface area (Å²) in [4.78, 5) is 17.1. The van der Waals surface area contributed by atoms with Crippen molar-refractivity contribution >= 4 is 21.3 Å². The Morgan fingerprint density at radius 1 is 1.32 bits per heavy atom. The Labute approximate surface area is 194 Å². The van der Waals surface area contributed by atoms with Crippen LogP contribution in [0.4, 0.5) is 23.2 Å². The van der Waals surface area contributed by atoms with E-state index in [-0.39, 0.29) is 27.6 Å². The Balaban J connectivity index is 2.08. The molecule has 2 aromatic rings. The van der Waals surface area contributed by atoms with Gasteiger partial charge >= 0.3 is 6.18 Å². The number of rotatable bonds is 5. The van der Waals surface area contributed by atoms with Crippen molar-refractivity contribution in [3.05, 3.63) is 47.4 Å². The van der Waals surface area contributed by atoms with Crippen LogP contribution in [-0.2, 0) is 19.3 Å². The molecule has 1 unspecified atom stereocenters. The molecule has 186 valence electrons. The van der Waals surface area contributed by atoms with Crippen LogP contribution in [0.15, 0.2) is 35.5 Å². The van der Waals surface area contributed by atoms with Gasteiger partial charge in [-0.15, -0.1) is 0 Å². The number of amides is 1. The van der Waals surface area contributed by atoms with Crippen molar-refractivity contribution in [3.63, 3.8) is 0 Å². The molecule has 1 aromatic heterocycles. The van der Waals surface area contributed by atoms with Gasteiger partial charge in [0.05, 0.1) is 16.8 Å². The van der Waals surface area contributed by atoms with Crippen molar-refractivity contribution in [3.8, 4) is 5.75 Å². The quantitative estimate of drug-likeness (QED) is 0.579. The van der Waals surface area contributed by atoms with Crippen LogP contribution >= 0.6 is 0 Å². The van der Waals surface area contributed by atoms with E-state index in [4.69, 9.17) is 14.3 Å². The first-order valence-electron chi connectivity index (χ1n) is 10.2. The van der Waals surface area contributed by atoms with Crippen LogP contribution in [0.3, 0.4) is 0 Å². The number of hydrogen-bond acceptors (Lipinski definition) is 6. The molecule has 1 aliphatic heterocycles. The van der Waals surface area contributed by atoms with Gasteiger partial charge in [0, 0.05) is 41.1 Å². The average Bonchev–Trinajstić information content (AvgIpc) is 3.01. The van der Waals surface area contributed by atoms with E-state index < -0.39 is 51.2 Å². The van der Waals surface area contributed by atoms with Crippen LogP contribution in [0.2, 0.25) is 0 Å². The second-order valence-corrected chi connectivity index (χ2v) is 10.6. The number of carbonyl (C=O) groups excluding carboxylic acids is 1. The zero-order valence-corrected chi connectivity index (χ0v) is 19.9. The molecule has 5 atom stereocenters. The standard InChI is InChI=1S/C22H25F4N3O4S/c1-11-15(23)7-6-14(18(11)32-4)17-12(2)21(3,22(24,25)26)33-19(17)20(30)29-13-8-9-28-16(10-13)34(5,27)31/h6-10,12,17,19,27H,1-5H3,(H,28,29,30)/t12-,17-,19+,21+,34?/m0/s1. The molecule has 1 saturated heterocycles. The van der Waals surface area contributed by atoms with Crippen molar-refractivity contribution in [2.75, 3.05) is 18.7 Å². The van der Waals surface area contributed by atoms with E-state index in [0.29, 0.717) is 0 Å². The van der Waals surface area contributed by atoms with E-state index in [1.54, 1.807) is 0 Å². The molecule has 12 heteroatoms. The Morgan fingerprint density at radius 2 is 1.97 bits per heavy atom. The van der Waals surface area contributed by atoms with Gasteiger partial charge in [-0.3, -0.25) is 4.79 Å². The fourth-order valence-electron chi connectivity index (χ4n) is 4.16. The maximum absolute atomic E-state index is 14.1. The van der Waals surface area contributed by atoms with Crippen molar-refractivity contribution in [2.24, 2.45) is 5.92 Å². The Morgan fingerprint density at radius 3 is 2.53 bits per heavy atom. The summed E-state index contributed by atoms with van der Waals surface area (Å²) >= 11 is 0. The Hall–Kier alpha value is -2.73. The highest BCUT2D eigenvalue weighted by Crippen LogP contribution is 2.55. The fourth-order valence-corrected chi connectivity index (χ4v) is 4.77. The van der Waals surface area contributed by atoms with Crippen molar-refractivity contribution in [2.45, 2.75) is 49.6 Å². The number of methoxy groups -OCH3 is 1. The number of ether oxygens (including phenoxy) is 2. The highest BCUT2D eigenvalue weighted by Gasteiger charge is 2.65. The molecule has 3 rings (SSSR count). The van der Waals surface area contributed by atoms with Crippen LogP contribution in [0.5, 0.6) is 5.75 Å². The molecule has 1 aromatic carbocycles. The zero-order chi connectivity index (χ0) is 25.6. The normalized spacial score (nSPS) is 26.7. The molecule has 0 bridgehead atoms. The van der Waals surface area contributed by atoms with Gasteiger partial charge < -0.3 is 14.8 Å². The molecule has 0 spiro atoms. The first-order chi connectivity index (χ1) is 15.6. The number of benzene rings is 1. The summed E-state index contributed by atoms with van der Waals surface area (Å²) in [6.07, 6.45) is -4.04. The number of anilines is 1. The Bertz CT molecular complexity index is 1220. The van der Waals surface area contributed by atoms with Crippen LogP contribution in [0.1, 0.15) is 30.9 Å². The summed E-state index contributed by atoms with van der Waals surface area (Å²) in [5, 5.41) is 2.38. The number of pyridine rings is 1. The Kier molecular flexibility index (Phi) is 6.70. The smallest absolute Gasteiger partial charge is 0.417 e. The minimum absolute atomic E-state index is 0.0378. The number of halogens is 4. The summed E-state index contributed by atoms with van der Waals surface area (Å²) in [6, 6.07) is 4.97. The second kappa shape index (κ2) is 8.81. The molecule has 0 saturated carbocycles. The monoisotopic (exact) mass is 503 g/mol. The maximum atomic E-state index is 14.1. The lowest BCUT2D eigenvalue weighted by Gasteiger charge is -2.32. The van der Waals surface area contributed by atoms with Crippen LogP contribution in [0.25, 0.3) is 0 Å². The lowest BCUT2D eigenvalue weighted by molar-refractivity contribution is -0.272. The molecule has 1 aliphatic rings. The third-order valence-corrected chi connectivity index (χ3v) is 7.28. The molecular formula is C22H25F4N3O4S. The lowest BCUT2D eigenvalue weighted by Crippen LogP contribution is -2.47. The number of carbonyl (C=O) groups is 1. The number of hydrogen-bond donors (Lipinski definition) is 2. The van der Waals surface area contributed by atoms with Crippen LogP contribution < -0.4 is 10.1 Å². The minimum atomic E-state index is -4.80. The van der Waals surface area contributed by atoms with Gasteiger partial charge in [-0.1, -0.05) is 13.0 Å². The van der Waals surface area contributed by atoms with Gasteiger partial charge in [0.25, 0.3) is 5.91 Å². The topological polar surface area (TPSA) is 101 Å². The summed E-state index contributed by atoms with van der Waals surface area (Å²) in [7, 11) is -1.92. The van der Waals surface area contributed by atoms with E-state index in [0.717, 1.165) is 19.2 Å². The van der Waals surface area contributed by atoms with Gasteiger partial charge in [0.1, 0.15) is 22.7 Å². The molecule has 0 radical (unpaired) electrons. The SMILES string of the molecule is COc1c([C@H]2[C@H](C(=O)Nc3ccnc(S(C)(=N)=O)c3)O[C@@](C)(C(F)(F)F)[C@H]2C)ccc(F)c1C. The summed E-state index contributed by atoms with van der Waals surface area (Å²) in [5.41, 5.74) is -2.27. The summed E-state index contributed by atoms with van der Waals surface area (Å²) in [5.74, 6) is -3.82. The molecule has 1 amide bonds. The van der Waals surface area contributed by atoms with E-state index in [1.807, 2.05) is 0 Å². The molecule has 0 aliphatic carbocycles. The van der Waals surface area contributed by atoms with Crippen LogP contribution in [0, 0.1) is 23.4 Å². The predicted octanol–water partition coefficient (Wildman–Crippen LogP) is 4.65. The van der Waals surface area contributed by atoms with Gasteiger partial charge in [-0.05, 0) is 32.0 Å². The highest BCUT2D eigenvalue weighted by atomic mass is 32.2. The molecule has 2 N–H and O–H groups in total. The van der Waals surface area contributed by atoms with Crippen LogP contribution in [-0.4, -0.2) is 46.3 Å². The molecule has 34 heavy (non-hydrogen) atoms. The number of nitrogens with one attached hydrogen (secondary N) is 2. The molecular weight excluding hydrogens is 478 g/mol. The van der Waals surface area contributed by atoms with Gasteiger partial charge in [0.15, 0.2) is 5.60 Å². The average molecular weight is 504 g/mol. The second-order valence-electron chi connectivity index (χ2n) is 8.47. The number of aromatic nitrogens is 1. The van der Waals surface area contributed by atoms with Gasteiger partial charge in [-0.25, -0.2) is 18.4 Å². The van der Waals surface area contributed by atoms with Gasteiger partial charge in [-0.2, -0.15) is 13.2 Å². The van der Waals surface area contributed by atoms with E-state index in [1.165, 1.54) is 45.4 Å². The third-order valence-electron chi connectivity index (χ3n) is 6.26. The maximum Gasteiger partial charge on any atom is 0.417 e. The zero-order valence-electron chi connectivity index (χ0n) is 19.1. The molecule has 2 heterocycles. The van der Waals surface area contributed by atoms with E-state index >= 15 is 0 Å². The van der Waals surface area contributed by atoms with Crippen molar-refractivity contribution in [1.29, 1.82) is 4.78 Å². The highest BCUT2D eigenvalue weighted by molar-refractivity contribution is 7.91. The number of alkyl halides is 3. The minimum Gasteiger partial charge on any atom is -0.496 e. The first kappa shape index (κ1) is 25.9. The molecule has 7 nitrogen and oxygen atoms in total. The van der Waals surface area contributed by atoms with E-state index in [2.05, 4.69) is 10.3 Å². The van der Waals surface area contributed by atoms with Gasteiger partial charge in [0.2, 0.25) is 0 Å². The lowest BCUT2D eigenvalue weighted by atomic mass is 9.76. The van der Waals surface area contributed by atoms with E-state index in [9.17, 15) is 26.6 Å². The summed E-state index contributed by atoms with van der Waals surface area (Å²) in [6.45, 7) is 3.62. The fraction of sp³-hybridized carbons (Fsp3) is 0.455.